The molecule has 2 aromatic rings. The fourth-order valence-corrected chi connectivity index (χ4v) is 3.62. The quantitative estimate of drug-likeness (QED) is 0.657. The van der Waals surface area contributed by atoms with E-state index in [-0.39, 0.29) is 12.5 Å². The van der Waals surface area contributed by atoms with Crippen molar-refractivity contribution in [3.63, 3.8) is 0 Å². The minimum absolute atomic E-state index is 0.315. The number of carbonyl (C=O) groups excluding carboxylic acids is 3. The number of urea groups is 1. The van der Waals surface area contributed by atoms with Gasteiger partial charge in [-0.3, -0.25) is 14.5 Å². The summed E-state index contributed by atoms with van der Waals surface area (Å²) in [4.78, 5) is 41.1. The molecule has 1 aliphatic rings. The number of hydrogen-bond donors (Lipinski definition) is 1. The number of ether oxygens (including phenoxy) is 2. The van der Waals surface area contributed by atoms with E-state index in [1.165, 1.54) is 0 Å². The van der Waals surface area contributed by atoms with Gasteiger partial charge in [-0.25, -0.2) is 4.79 Å². The van der Waals surface area contributed by atoms with Gasteiger partial charge in [0.25, 0.3) is 5.91 Å². The number of carbonyl (C=O) groups is 3. The maximum Gasteiger partial charge on any atom is 0.325 e. The molecule has 1 atom stereocenters. The third kappa shape index (κ3) is 4.33. The molecule has 4 amide bonds. The van der Waals surface area contributed by atoms with Crippen LogP contribution in [0.4, 0.5) is 4.79 Å². The summed E-state index contributed by atoms with van der Waals surface area (Å²) < 4.78 is 10.6. The highest BCUT2D eigenvalue weighted by atomic mass is 16.5. The van der Waals surface area contributed by atoms with E-state index in [4.69, 9.17) is 9.47 Å². The monoisotopic (exact) mass is 425 g/mol. The number of imide groups is 1. The Balaban J connectivity index is 1.73. The van der Waals surface area contributed by atoms with Crippen molar-refractivity contribution in [2.24, 2.45) is 0 Å². The minimum Gasteiger partial charge on any atom is -0.493 e. The van der Waals surface area contributed by atoms with Gasteiger partial charge < -0.3 is 19.7 Å². The first kappa shape index (κ1) is 22.1. The third-order valence-electron chi connectivity index (χ3n) is 5.48. The zero-order chi connectivity index (χ0) is 22.6. The van der Waals surface area contributed by atoms with Crippen molar-refractivity contribution in [3.05, 3.63) is 59.7 Å². The Morgan fingerprint density at radius 2 is 1.74 bits per heavy atom. The molecule has 0 bridgehead atoms. The molecule has 8 nitrogen and oxygen atoms in total. The summed E-state index contributed by atoms with van der Waals surface area (Å²) in [6.45, 7) is 3.91. The summed E-state index contributed by atoms with van der Waals surface area (Å²) in [5, 5.41) is 2.72. The summed E-state index contributed by atoms with van der Waals surface area (Å²) >= 11 is 0. The summed E-state index contributed by atoms with van der Waals surface area (Å²) in [5.74, 6) is 0.397. The fourth-order valence-electron chi connectivity index (χ4n) is 3.62. The van der Waals surface area contributed by atoms with Crippen LogP contribution in [0.2, 0.25) is 0 Å². The minimum atomic E-state index is -1.20. The smallest absolute Gasteiger partial charge is 0.325 e. The molecule has 1 N–H and O–H groups in total. The molecular formula is C23H27N3O5. The van der Waals surface area contributed by atoms with E-state index in [0.29, 0.717) is 30.2 Å². The highest BCUT2D eigenvalue weighted by Gasteiger charge is 2.49. The van der Waals surface area contributed by atoms with E-state index in [9.17, 15) is 14.4 Å². The zero-order valence-electron chi connectivity index (χ0n) is 18.2. The van der Waals surface area contributed by atoms with Crippen molar-refractivity contribution in [1.29, 1.82) is 0 Å². The molecule has 1 unspecified atom stereocenters. The van der Waals surface area contributed by atoms with Gasteiger partial charge in [-0.15, -0.1) is 0 Å². The van der Waals surface area contributed by atoms with E-state index in [2.05, 4.69) is 5.32 Å². The number of likely N-dealkylation sites (N-methyl/N-ethyl adjacent to an activating group) is 1. The molecule has 0 saturated carbocycles. The molecule has 1 heterocycles. The van der Waals surface area contributed by atoms with Gasteiger partial charge in [-0.2, -0.15) is 0 Å². The second-order valence-corrected chi connectivity index (χ2v) is 7.41. The number of nitrogens with zero attached hydrogens (tertiary/aromatic N) is 2. The van der Waals surface area contributed by atoms with Crippen LogP contribution in [0, 0.1) is 0 Å². The molecule has 0 radical (unpaired) electrons. The Bertz CT molecular complexity index is 978. The van der Waals surface area contributed by atoms with Crippen LogP contribution in [0.3, 0.4) is 0 Å². The maximum atomic E-state index is 13.0. The molecule has 0 aromatic heterocycles. The molecule has 3 rings (SSSR count). The average molecular weight is 425 g/mol. The Morgan fingerprint density at radius 3 is 2.35 bits per heavy atom. The normalized spacial score (nSPS) is 18.0. The van der Waals surface area contributed by atoms with Crippen LogP contribution in [-0.4, -0.2) is 55.0 Å². The summed E-state index contributed by atoms with van der Waals surface area (Å²) in [5.41, 5.74) is 0.319. The predicted molar refractivity (Wildman–Crippen MR) is 115 cm³/mol. The van der Waals surface area contributed by atoms with E-state index in [0.717, 1.165) is 10.5 Å². The van der Waals surface area contributed by atoms with Crippen LogP contribution < -0.4 is 14.8 Å². The maximum absolute atomic E-state index is 13.0. The largest absolute Gasteiger partial charge is 0.493 e. The summed E-state index contributed by atoms with van der Waals surface area (Å²) in [6, 6.07) is 13.8. The Kier molecular flexibility index (Phi) is 6.48. The Labute approximate surface area is 181 Å². The van der Waals surface area contributed by atoms with E-state index < -0.39 is 17.5 Å². The Hall–Kier alpha value is -3.55. The molecule has 1 aliphatic heterocycles. The molecule has 1 fully saturated rings. The molecule has 31 heavy (non-hydrogen) atoms. The lowest BCUT2D eigenvalue weighted by molar-refractivity contribution is -0.139. The van der Waals surface area contributed by atoms with E-state index in [1.807, 2.05) is 19.1 Å². The van der Waals surface area contributed by atoms with Crippen molar-refractivity contribution < 1.29 is 23.9 Å². The molecule has 164 valence electrons. The third-order valence-corrected chi connectivity index (χ3v) is 5.48. The van der Waals surface area contributed by atoms with Crippen molar-refractivity contribution in [2.45, 2.75) is 25.9 Å². The van der Waals surface area contributed by atoms with Crippen LogP contribution in [0.25, 0.3) is 0 Å². The first-order valence-electron chi connectivity index (χ1n) is 10.0. The van der Waals surface area contributed by atoms with Crippen LogP contribution in [0.5, 0.6) is 11.5 Å². The number of hydrogen-bond acceptors (Lipinski definition) is 5. The topological polar surface area (TPSA) is 88.2 Å². The van der Waals surface area contributed by atoms with Gasteiger partial charge in [0.15, 0.2) is 11.5 Å². The highest BCUT2D eigenvalue weighted by molar-refractivity contribution is 6.09. The SMILES string of the molecule is CCN(Cc1ccc(OC)c(OC)c1)C(=O)CN1C(=O)NC(C)(c2ccccc2)C1=O. The van der Waals surface area contributed by atoms with Crippen LogP contribution in [0.15, 0.2) is 48.5 Å². The van der Waals surface area contributed by atoms with Crippen LogP contribution in [-0.2, 0) is 21.7 Å². The predicted octanol–water partition coefficient (Wildman–Crippen LogP) is 2.52. The van der Waals surface area contributed by atoms with Crippen molar-refractivity contribution in [2.75, 3.05) is 27.3 Å². The average Bonchev–Trinajstić information content (AvgIpc) is 3.01. The first-order valence-corrected chi connectivity index (χ1v) is 10.0. The lowest BCUT2D eigenvalue weighted by atomic mass is 9.92. The number of benzene rings is 2. The van der Waals surface area contributed by atoms with Gasteiger partial charge in [-0.05, 0) is 37.1 Å². The molecule has 1 saturated heterocycles. The molecular weight excluding hydrogens is 398 g/mol. The Morgan fingerprint density at radius 1 is 1.06 bits per heavy atom. The second-order valence-electron chi connectivity index (χ2n) is 7.41. The van der Waals surface area contributed by atoms with Gasteiger partial charge in [0, 0.05) is 13.1 Å². The van der Waals surface area contributed by atoms with Crippen molar-refractivity contribution >= 4 is 17.8 Å². The second kappa shape index (κ2) is 9.07. The lowest BCUT2D eigenvalue weighted by Gasteiger charge is -2.25. The van der Waals surface area contributed by atoms with Gasteiger partial charge in [0.05, 0.1) is 14.2 Å². The fraction of sp³-hybridized carbons (Fsp3) is 0.348. The van der Waals surface area contributed by atoms with E-state index in [1.54, 1.807) is 62.4 Å². The molecule has 2 aromatic carbocycles. The first-order chi connectivity index (χ1) is 14.8. The van der Waals surface area contributed by atoms with E-state index >= 15 is 0 Å². The molecule has 0 spiro atoms. The lowest BCUT2D eigenvalue weighted by Crippen LogP contribution is -2.44. The number of amides is 4. The summed E-state index contributed by atoms with van der Waals surface area (Å²) in [7, 11) is 3.10. The number of methoxy groups -OCH3 is 2. The van der Waals surface area contributed by atoms with Gasteiger partial charge in [0.2, 0.25) is 5.91 Å². The van der Waals surface area contributed by atoms with Crippen molar-refractivity contribution in [3.8, 4) is 11.5 Å². The highest BCUT2D eigenvalue weighted by Crippen LogP contribution is 2.29. The zero-order valence-corrected chi connectivity index (χ0v) is 18.2. The van der Waals surface area contributed by atoms with Gasteiger partial charge in [-0.1, -0.05) is 36.4 Å². The van der Waals surface area contributed by atoms with Crippen LogP contribution in [0.1, 0.15) is 25.0 Å². The standard InChI is InChI=1S/C23H27N3O5/c1-5-25(14-16-11-12-18(30-3)19(13-16)31-4)20(27)15-26-21(28)23(2,24-22(26)29)17-9-7-6-8-10-17/h6-13H,5,14-15H2,1-4H3,(H,24,29). The number of rotatable bonds is 8. The van der Waals surface area contributed by atoms with Crippen molar-refractivity contribution in [1.82, 2.24) is 15.1 Å². The molecule has 8 heteroatoms. The van der Waals surface area contributed by atoms with Gasteiger partial charge in [0.1, 0.15) is 12.1 Å². The molecule has 0 aliphatic carbocycles. The summed E-state index contributed by atoms with van der Waals surface area (Å²) in [6.07, 6.45) is 0. The van der Waals surface area contributed by atoms with Crippen LogP contribution >= 0.6 is 0 Å². The number of nitrogens with one attached hydrogen (secondary N) is 1. The van der Waals surface area contributed by atoms with Gasteiger partial charge >= 0.3 is 6.03 Å².